The van der Waals surface area contributed by atoms with E-state index in [4.69, 9.17) is 18.6 Å². The second kappa shape index (κ2) is 7.49. The molecule has 4 rings (SSSR count). The number of amides is 1. The van der Waals surface area contributed by atoms with E-state index in [0.717, 1.165) is 16.9 Å². The Balaban J connectivity index is 1.82. The summed E-state index contributed by atoms with van der Waals surface area (Å²) < 4.78 is 21.5. The maximum atomic E-state index is 13.1. The molecule has 0 radical (unpaired) electrons. The maximum Gasteiger partial charge on any atom is 0.275 e. The first kappa shape index (κ1) is 18.3. The van der Waals surface area contributed by atoms with Crippen LogP contribution in [0.2, 0.25) is 0 Å². The molecule has 1 amide bonds. The Bertz CT molecular complexity index is 945. The Kier molecular flexibility index (Phi) is 4.89. The van der Waals surface area contributed by atoms with E-state index >= 15 is 0 Å². The molecule has 1 atom stereocenters. The molecule has 8 nitrogen and oxygen atoms in total. The predicted molar refractivity (Wildman–Crippen MR) is 100.0 cm³/mol. The van der Waals surface area contributed by atoms with E-state index in [1.165, 1.54) is 0 Å². The van der Waals surface area contributed by atoms with Gasteiger partial charge in [-0.15, -0.1) is 0 Å². The quantitative estimate of drug-likeness (QED) is 0.631. The zero-order chi connectivity index (χ0) is 19.7. The molecule has 1 N–H and O–H groups in total. The number of nitrogens with one attached hydrogen (secondary N) is 1. The molecule has 0 saturated carbocycles. The lowest BCUT2D eigenvalue weighted by molar-refractivity contribution is -0.113. The van der Waals surface area contributed by atoms with E-state index < -0.39 is 6.29 Å². The van der Waals surface area contributed by atoms with Crippen molar-refractivity contribution in [2.75, 3.05) is 27.9 Å². The highest BCUT2D eigenvalue weighted by Gasteiger charge is 2.43. The second-order valence-electron chi connectivity index (χ2n) is 6.37. The van der Waals surface area contributed by atoms with E-state index in [-0.39, 0.29) is 18.5 Å². The molecule has 3 heterocycles. The number of methoxy groups -OCH3 is 3. The molecule has 0 aliphatic carbocycles. The predicted octanol–water partition coefficient (Wildman–Crippen LogP) is 2.84. The van der Waals surface area contributed by atoms with Crippen LogP contribution < -0.4 is 4.74 Å². The summed E-state index contributed by atoms with van der Waals surface area (Å²) in [5.74, 6) is 1.17. The molecule has 146 valence electrons. The minimum atomic E-state index is -0.551. The lowest BCUT2D eigenvalue weighted by Gasteiger charge is -2.29. The molecular formula is C20H21N3O5. The van der Waals surface area contributed by atoms with Crippen molar-refractivity contribution in [1.29, 1.82) is 0 Å². The summed E-state index contributed by atoms with van der Waals surface area (Å²) in [5.41, 5.74) is 2.75. The molecular weight excluding hydrogens is 362 g/mol. The molecule has 1 aromatic carbocycles. The number of rotatable bonds is 7. The minimum Gasteiger partial charge on any atom is -0.497 e. The summed E-state index contributed by atoms with van der Waals surface area (Å²) in [4.78, 5) is 14.8. The van der Waals surface area contributed by atoms with Crippen LogP contribution in [0.3, 0.4) is 0 Å². The summed E-state index contributed by atoms with van der Waals surface area (Å²) in [6, 6.07) is 10.9. The SMILES string of the molecule is COc1ccc(C2c3c(n[nH]c3-c3ccco3)C(=O)N2CC(OC)OC)cc1. The van der Waals surface area contributed by atoms with Crippen molar-refractivity contribution in [2.45, 2.75) is 12.3 Å². The third kappa shape index (κ3) is 2.96. The number of carbonyl (C=O) groups excluding carboxylic acids is 1. The Labute approximate surface area is 162 Å². The summed E-state index contributed by atoms with van der Waals surface area (Å²) in [6.07, 6.45) is 1.04. The maximum absolute atomic E-state index is 13.1. The van der Waals surface area contributed by atoms with Crippen molar-refractivity contribution in [2.24, 2.45) is 0 Å². The van der Waals surface area contributed by atoms with Crippen molar-refractivity contribution in [3.05, 3.63) is 59.5 Å². The number of ether oxygens (including phenoxy) is 3. The summed E-state index contributed by atoms with van der Waals surface area (Å²) >= 11 is 0. The fraction of sp³-hybridized carbons (Fsp3) is 0.300. The third-order valence-electron chi connectivity index (χ3n) is 4.92. The first-order valence-electron chi connectivity index (χ1n) is 8.80. The summed E-state index contributed by atoms with van der Waals surface area (Å²) in [7, 11) is 4.71. The van der Waals surface area contributed by atoms with Crippen LogP contribution in [-0.2, 0) is 9.47 Å². The number of benzene rings is 1. The molecule has 8 heteroatoms. The van der Waals surface area contributed by atoms with Crippen LogP contribution in [0.1, 0.15) is 27.7 Å². The number of furan rings is 1. The van der Waals surface area contributed by atoms with Crippen molar-refractivity contribution >= 4 is 5.91 Å². The number of carbonyl (C=O) groups is 1. The van der Waals surface area contributed by atoms with Gasteiger partial charge in [0.2, 0.25) is 0 Å². The Morgan fingerprint density at radius 3 is 2.54 bits per heavy atom. The summed E-state index contributed by atoms with van der Waals surface area (Å²) in [6.45, 7) is 0.260. The number of fused-ring (bicyclic) bond motifs is 1. The summed E-state index contributed by atoms with van der Waals surface area (Å²) in [5, 5.41) is 7.22. The van der Waals surface area contributed by atoms with E-state index in [1.54, 1.807) is 38.6 Å². The monoisotopic (exact) mass is 383 g/mol. The number of aromatic nitrogens is 2. The average molecular weight is 383 g/mol. The fourth-order valence-electron chi connectivity index (χ4n) is 3.52. The molecule has 0 bridgehead atoms. The molecule has 0 fully saturated rings. The van der Waals surface area contributed by atoms with Gasteiger partial charge in [0.1, 0.15) is 11.4 Å². The molecule has 0 saturated heterocycles. The van der Waals surface area contributed by atoms with Crippen molar-refractivity contribution in [3.8, 4) is 17.2 Å². The zero-order valence-corrected chi connectivity index (χ0v) is 15.8. The molecule has 3 aromatic rings. The number of hydrogen-bond acceptors (Lipinski definition) is 6. The van der Waals surface area contributed by atoms with Crippen molar-refractivity contribution < 1.29 is 23.4 Å². The average Bonchev–Trinajstić information content (AvgIpc) is 3.45. The highest BCUT2D eigenvalue weighted by molar-refractivity contribution is 6.00. The Morgan fingerprint density at radius 1 is 1.18 bits per heavy atom. The van der Waals surface area contributed by atoms with Gasteiger partial charge in [-0.25, -0.2) is 0 Å². The number of nitrogens with zero attached hydrogens (tertiary/aromatic N) is 2. The molecule has 1 unspecified atom stereocenters. The fourth-order valence-corrected chi connectivity index (χ4v) is 3.52. The van der Waals surface area contributed by atoms with Gasteiger partial charge in [-0.05, 0) is 29.8 Å². The Hall–Kier alpha value is -3.10. The number of H-pyrrole nitrogens is 1. The van der Waals surface area contributed by atoms with Gasteiger partial charge in [0, 0.05) is 19.8 Å². The van der Waals surface area contributed by atoms with Gasteiger partial charge in [-0.3, -0.25) is 9.89 Å². The van der Waals surface area contributed by atoms with E-state index in [9.17, 15) is 4.79 Å². The number of aromatic amines is 1. The standard InChI is InChI=1S/C20H21N3O5/c1-25-13-8-6-12(7-9-13)19-16-17(14-5-4-10-28-14)21-22-18(16)20(24)23(19)11-15(26-2)27-3/h4-10,15,19H,11H2,1-3H3,(H,21,22). The highest BCUT2D eigenvalue weighted by Crippen LogP contribution is 2.43. The lowest BCUT2D eigenvalue weighted by Crippen LogP contribution is -2.38. The van der Waals surface area contributed by atoms with Crippen molar-refractivity contribution in [3.63, 3.8) is 0 Å². The molecule has 28 heavy (non-hydrogen) atoms. The van der Waals surface area contributed by atoms with E-state index in [1.807, 2.05) is 30.3 Å². The van der Waals surface area contributed by atoms with Crippen LogP contribution in [0.25, 0.3) is 11.5 Å². The largest absolute Gasteiger partial charge is 0.497 e. The third-order valence-corrected chi connectivity index (χ3v) is 4.92. The van der Waals surface area contributed by atoms with Gasteiger partial charge in [0.15, 0.2) is 17.7 Å². The highest BCUT2D eigenvalue weighted by atomic mass is 16.7. The molecule has 0 spiro atoms. The molecule has 2 aromatic heterocycles. The van der Waals surface area contributed by atoms with Crippen LogP contribution >= 0.6 is 0 Å². The van der Waals surface area contributed by atoms with Gasteiger partial charge in [-0.1, -0.05) is 12.1 Å². The normalized spacial score (nSPS) is 16.1. The van der Waals surface area contributed by atoms with Crippen LogP contribution in [0.15, 0.2) is 47.1 Å². The lowest BCUT2D eigenvalue weighted by atomic mass is 9.98. The zero-order valence-electron chi connectivity index (χ0n) is 15.8. The van der Waals surface area contributed by atoms with Crippen LogP contribution in [-0.4, -0.2) is 55.2 Å². The van der Waals surface area contributed by atoms with Crippen LogP contribution in [0.4, 0.5) is 0 Å². The van der Waals surface area contributed by atoms with Gasteiger partial charge >= 0.3 is 0 Å². The first-order chi connectivity index (χ1) is 13.7. The van der Waals surface area contributed by atoms with Crippen molar-refractivity contribution in [1.82, 2.24) is 15.1 Å². The molecule has 1 aliphatic heterocycles. The van der Waals surface area contributed by atoms with Crippen LogP contribution in [0.5, 0.6) is 5.75 Å². The van der Waals surface area contributed by atoms with Crippen LogP contribution in [0, 0.1) is 0 Å². The Morgan fingerprint density at radius 2 is 1.93 bits per heavy atom. The van der Waals surface area contributed by atoms with Gasteiger partial charge in [0.05, 0.1) is 26.0 Å². The van der Waals surface area contributed by atoms with Gasteiger partial charge in [-0.2, -0.15) is 5.10 Å². The van der Waals surface area contributed by atoms with Gasteiger partial charge < -0.3 is 23.5 Å². The molecule has 1 aliphatic rings. The van der Waals surface area contributed by atoms with Gasteiger partial charge in [0.25, 0.3) is 5.91 Å². The minimum absolute atomic E-state index is 0.191. The smallest absolute Gasteiger partial charge is 0.275 e. The second-order valence-corrected chi connectivity index (χ2v) is 6.37. The van der Waals surface area contributed by atoms with E-state index in [0.29, 0.717) is 17.1 Å². The number of hydrogen-bond donors (Lipinski definition) is 1. The van der Waals surface area contributed by atoms with E-state index in [2.05, 4.69) is 10.2 Å². The topological polar surface area (TPSA) is 89.8 Å². The first-order valence-corrected chi connectivity index (χ1v) is 8.80.